The molecule has 0 spiro atoms. The molecule has 0 aliphatic carbocycles. The summed E-state index contributed by atoms with van der Waals surface area (Å²) in [6, 6.07) is 30.6. The van der Waals surface area contributed by atoms with E-state index in [-0.39, 0.29) is 0 Å². The van der Waals surface area contributed by atoms with Crippen molar-refractivity contribution in [2.75, 3.05) is 0 Å². The summed E-state index contributed by atoms with van der Waals surface area (Å²) in [5, 5.41) is 26.9. The van der Waals surface area contributed by atoms with Crippen LogP contribution in [0.1, 0.15) is 0 Å². The van der Waals surface area contributed by atoms with E-state index in [9.17, 15) is 10.0 Å². The van der Waals surface area contributed by atoms with Crippen LogP contribution in [0.4, 0.5) is 0 Å². The molecule has 0 amide bonds. The van der Waals surface area contributed by atoms with Crippen LogP contribution in [0, 0.1) is 0 Å². The monoisotopic (exact) mass is 348 g/mol. The van der Waals surface area contributed by atoms with E-state index in [1.807, 2.05) is 54.6 Å². The van der Waals surface area contributed by atoms with Crippen molar-refractivity contribution in [3.05, 3.63) is 91.0 Å². The normalized spacial score (nSPS) is 11.3. The maximum absolute atomic E-state index is 10.3. The number of hydrogen-bond donors (Lipinski definition) is 2. The number of rotatable bonds is 2. The Labute approximate surface area is 157 Å². The van der Waals surface area contributed by atoms with Gasteiger partial charge in [0.25, 0.3) is 0 Å². The van der Waals surface area contributed by atoms with Crippen LogP contribution >= 0.6 is 0 Å². The third kappa shape index (κ3) is 2.60. The average molecular weight is 348 g/mol. The largest absolute Gasteiger partial charge is 0.489 e. The van der Waals surface area contributed by atoms with Crippen LogP contribution in [-0.2, 0) is 0 Å². The summed E-state index contributed by atoms with van der Waals surface area (Å²) >= 11 is 0. The third-order valence-corrected chi connectivity index (χ3v) is 5.27. The van der Waals surface area contributed by atoms with Gasteiger partial charge in [0.05, 0.1) is 0 Å². The molecule has 0 atom stereocenters. The van der Waals surface area contributed by atoms with E-state index in [1.54, 1.807) is 0 Å². The molecule has 0 unspecified atom stereocenters. The molecule has 0 aliphatic rings. The fourth-order valence-corrected chi connectivity index (χ4v) is 4.01. The predicted molar refractivity (Wildman–Crippen MR) is 114 cm³/mol. The van der Waals surface area contributed by atoms with Crippen molar-refractivity contribution in [2.45, 2.75) is 0 Å². The molecule has 0 fully saturated rings. The minimum absolute atomic E-state index is 0.551. The van der Waals surface area contributed by atoms with Crippen molar-refractivity contribution >= 4 is 44.9 Å². The molecule has 2 N–H and O–H groups in total. The lowest BCUT2D eigenvalue weighted by atomic mass is 9.72. The number of benzene rings is 5. The first-order valence-corrected chi connectivity index (χ1v) is 9.02. The van der Waals surface area contributed by atoms with Gasteiger partial charge in [-0.3, -0.25) is 0 Å². The van der Waals surface area contributed by atoms with E-state index in [1.165, 1.54) is 0 Å². The summed E-state index contributed by atoms with van der Waals surface area (Å²) in [6.45, 7) is 0. The van der Waals surface area contributed by atoms with Gasteiger partial charge >= 0.3 is 7.12 Å². The van der Waals surface area contributed by atoms with Gasteiger partial charge in [0.2, 0.25) is 0 Å². The number of fused-ring (bicyclic) bond motifs is 3. The molecule has 0 aliphatic heterocycles. The Bertz CT molecular complexity index is 1300. The number of hydrogen-bond acceptors (Lipinski definition) is 2. The van der Waals surface area contributed by atoms with Crippen molar-refractivity contribution in [2.24, 2.45) is 0 Å². The van der Waals surface area contributed by atoms with E-state index in [2.05, 4.69) is 36.4 Å². The Balaban J connectivity index is 1.89. The maximum atomic E-state index is 10.3. The summed E-state index contributed by atoms with van der Waals surface area (Å²) < 4.78 is 0. The quantitative estimate of drug-likeness (QED) is 0.364. The first-order valence-electron chi connectivity index (χ1n) is 9.02. The average Bonchev–Trinajstić information content (AvgIpc) is 2.71. The van der Waals surface area contributed by atoms with Crippen molar-refractivity contribution in [3.63, 3.8) is 0 Å². The topological polar surface area (TPSA) is 40.5 Å². The summed E-state index contributed by atoms with van der Waals surface area (Å²) in [4.78, 5) is 0. The molecular weight excluding hydrogens is 331 g/mol. The highest BCUT2D eigenvalue weighted by Crippen LogP contribution is 2.31. The van der Waals surface area contributed by atoms with Gasteiger partial charge in [-0.15, -0.1) is 0 Å². The van der Waals surface area contributed by atoms with Gasteiger partial charge in [-0.2, -0.15) is 0 Å². The van der Waals surface area contributed by atoms with Crippen molar-refractivity contribution in [1.82, 2.24) is 0 Å². The molecule has 0 heterocycles. The minimum Gasteiger partial charge on any atom is -0.423 e. The van der Waals surface area contributed by atoms with Crippen molar-refractivity contribution in [1.29, 1.82) is 0 Å². The lowest BCUT2D eigenvalue weighted by Gasteiger charge is -2.15. The molecule has 0 aromatic heterocycles. The third-order valence-electron chi connectivity index (χ3n) is 5.27. The molecule has 0 radical (unpaired) electrons. The highest BCUT2D eigenvalue weighted by Gasteiger charge is 2.21. The second-order valence-electron chi connectivity index (χ2n) is 6.85. The zero-order valence-corrected chi connectivity index (χ0v) is 14.6. The second kappa shape index (κ2) is 6.24. The molecule has 0 saturated carbocycles. The highest BCUT2D eigenvalue weighted by molar-refractivity contribution is 6.64. The Morgan fingerprint density at radius 1 is 0.481 bits per heavy atom. The minimum atomic E-state index is -1.55. The molecule has 5 rings (SSSR count). The van der Waals surface area contributed by atoms with E-state index in [0.717, 1.165) is 43.4 Å². The fraction of sp³-hybridized carbons (Fsp3) is 0. The van der Waals surface area contributed by atoms with E-state index >= 15 is 0 Å². The van der Waals surface area contributed by atoms with Crippen LogP contribution in [0.5, 0.6) is 0 Å². The molecule has 0 saturated heterocycles. The molecule has 27 heavy (non-hydrogen) atoms. The summed E-state index contributed by atoms with van der Waals surface area (Å²) in [5.41, 5.74) is 2.41. The smallest absolute Gasteiger partial charge is 0.423 e. The van der Waals surface area contributed by atoms with Crippen LogP contribution in [0.25, 0.3) is 43.4 Å². The van der Waals surface area contributed by atoms with E-state index in [0.29, 0.717) is 5.46 Å². The van der Waals surface area contributed by atoms with Crippen LogP contribution in [0.2, 0.25) is 0 Å². The fourth-order valence-electron chi connectivity index (χ4n) is 4.01. The van der Waals surface area contributed by atoms with Crippen molar-refractivity contribution < 1.29 is 10.0 Å². The molecular formula is C24H17BO2. The zero-order valence-electron chi connectivity index (χ0n) is 14.6. The molecule has 3 heteroatoms. The molecule has 2 nitrogen and oxygen atoms in total. The van der Waals surface area contributed by atoms with Crippen LogP contribution in [0.3, 0.4) is 0 Å². The van der Waals surface area contributed by atoms with Crippen LogP contribution < -0.4 is 5.46 Å². The summed E-state index contributed by atoms with van der Waals surface area (Å²) in [7, 11) is -1.55. The second-order valence-corrected chi connectivity index (χ2v) is 6.85. The van der Waals surface area contributed by atoms with Gasteiger partial charge in [0.1, 0.15) is 0 Å². The first kappa shape index (κ1) is 16.1. The van der Waals surface area contributed by atoms with Crippen molar-refractivity contribution in [3.8, 4) is 11.1 Å². The van der Waals surface area contributed by atoms with E-state index < -0.39 is 7.12 Å². The standard InChI is InChI=1S/C24H17BO2/c26-25(27)24-22(21-11-5-9-16-6-3-4-10-20(16)21)13-12-19-14-17-7-1-2-8-18(17)15-23(19)24/h1-15,26-27H. The zero-order chi connectivity index (χ0) is 18.4. The van der Waals surface area contributed by atoms with Gasteiger partial charge in [-0.25, -0.2) is 0 Å². The Morgan fingerprint density at radius 3 is 1.93 bits per heavy atom. The lowest BCUT2D eigenvalue weighted by Crippen LogP contribution is -2.32. The maximum Gasteiger partial charge on any atom is 0.489 e. The SMILES string of the molecule is OB(O)c1c(-c2cccc3ccccc23)ccc2cc3ccccc3cc12. The molecule has 128 valence electrons. The highest BCUT2D eigenvalue weighted by atomic mass is 16.4. The van der Waals surface area contributed by atoms with Gasteiger partial charge in [-0.05, 0) is 61.0 Å². The van der Waals surface area contributed by atoms with Gasteiger partial charge in [-0.1, -0.05) is 78.9 Å². The van der Waals surface area contributed by atoms with Gasteiger partial charge < -0.3 is 10.0 Å². The summed E-state index contributed by atoms with van der Waals surface area (Å²) in [6.07, 6.45) is 0. The summed E-state index contributed by atoms with van der Waals surface area (Å²) in [5.74, 6) is 0. The van der Waals surface area contributed by atoms with E-state index in [4.69, 9.17) is 0 Å². The molecule has 5 aromatic carbocycles. The molecule has 5 aromatic rings. The first-order chi connectivity index (χ1) is 13.2. The van der Waals surface area contributed by atoms with Crippen LogP contribution in [-0.4, -0.2) is 17.2 Å². The van der Waals surface area contributed by atoms with Crippen LogP contribution in [0.15, 0.2) is 91.0 Å². The Morgan fingerprint density at radius 2 is 1.15 bits per heavy atom. The van der Waals surface area contributed by atoms with Gasteiger partial charge in [0, 0.05) is 0 Å². The predicted octanol–water partition coefficient (Wildman–Crippen LogP) is 4.49. The lowest BCUT2D eigenvalue weighted by molar-refractivity contribution is 0.426. The Hall–Kier alpha value is -3.14. The Kier molecular flexibility index (Phi) is 3.71. The molecule has 0 bridgehead atoms. The van der Waals surface area contributed by atoms with Gasteiger partial charge in [0.15, 0.2) is 0 Å².